The van der Waals surface area contributed by atoms with Crippen LogP contribution in [0.1, 0.15) is 70.8 Å². The van der Waals surface area contributed by atoms with E-state index in [0.29, 0.717) is 52.9 Å². The van der Waals surface area contributed by atoms with Crippen molar-refractivity contribution in [3.8, 4) is 16.9 Å². The summed E-state index contributed by atoms with van der Waals surface area (Å²) >= 11 is 0. The molecule has 0 fully saturated rings. The zero-order valence-electron chi connectivity index (χ0n) is 32.6. The molecule has 0 aliphatic heterocycles. The van der Waals surface area contributed by atoms with Crippen molar-refractivity contribution in [2.45, 2.75) is 60.1 Å². The zero-order chi connectivity index (χ0) is 37.1. The third-order valence-electron chi connectivity index (χ3n) is 11.0. The van der Waals surface area contributed by atoms with E-state index in [2.05, 4.69) is 114 Å². The topological polar surface area (TPSA) is 66.4 Å². The number of quaternary nitrogens is 1. The van der Waals surface area contributed by atoms with Crippen molar-refractivity contribution in [3.05, 3.63) is 123 Å². The highest BCUT2D eigenvalue weighted by atomic mass is 16.5. The molecule has 7 heteroatoms. The van der Waals surface area contributed by atoms with Crippen LogP contribution in [0.2, 0.25) is 0 Å². The summed E-state index contributed by atoms with van der Waals surface area (Å²) in [6.07, 6.45) is 0. The van der Waals surface area contributed by atoms with Gasteiger partial charge < -0.3 is 33.3 Å². The van der Waals surface area contributed by atoms with E-state index in [1.165, 1.54) is 55.6 Å². The molecule has 7 nitrogen and oxygen atoms in total. The number of hydrogen-bond donors (Lipinski definition) is 1. The van der Waals surface area contributed by atoms with Crippen molar-refractivity contribution >= 4 is 0 Å². The number of methoxy groups -OCH3 is 1. The summed E-state index contributed by atoms with van der Waals surface area (Å²) in [5.74, 6) is 0.869. The highest BCUT2D eigenvalue weighted by Crippen LogP contribution is 2.57. The monoisotopic (exact) mass is 710 g/mol. The van der Waals surface area contributed by atoms with Crippen LogP contribution in [0.4, 0.5) is 0 Å². The number of rotatable bonds is 21. The number of fused-ring (bicyclic) bond motifs is 3. The summed E-state index contributed by atoms with van der Waals surface area (Å²) in [7, 11) is 1.68. The van der Waals surface area contributed by atoms with E-state index in [4.69, 9.17) is 28.8 Å². The van der Waals surface area contributed by atoms with Gasteiger partial charge in [0.2, 0.25) is 0 Å². The van der Waals surface area contributed by atoms with Gasteiger partial charge in [0.1, 0.15) is 18.9 Å². The molecule has 1 aliphatic carbocycles. The number of aliphatic hydroxyl groups excluding tert-OH is 1. The lowest BCUT2D eigenvalue weighted by Gasteiger charge is -2.38. The van der Waals surface area contributed by atoms with E-state index in [9.17, 15) is 0 Å². The van der Waals surface area contributed by atoms with Gasteiger partial charge in [-0.3, -0.25) is 0 Å². The summed E-state index contributed by atoms with van der Waals surface area (Å²) in [4.78, 5) is 0. The number of benzene rings is 4. The number of aliphatic hydroxyl groups is 1. The molecule has 0 unspecified atom stereocenters. The van der Waals surface area contributed by atoms with E-state index in [1.54, 1.807) is 7.11 Å². The van der Waals surface area contributed by atoms with Crippen LogP contribution in [-0.4, -0.2) is 89.2 Å². The second-order valence-corrected chi connectivity index (χ2v) is 14.1. The number of ether oxygens (including phenoxy) is 5. The van der Waals surface area contributed by atoms with Gasteiger partial charge in [-0.2, -0.15) is 0 Å². The maximum absolute atomic E-state index is 9.10. The Hall–Kier alpha value is -3.56. The van der Waals surface area contributed by atoms with Gasteiger partial charge in [-0.1, -0.05) is 71.8 Å². The van der Waals surface area contributed by atoms with Crippen molar-refractivity contribution in [3.63, 3.8) is 0 Å². The zero-order valence-corrected chi connectivity index (χ0v) is 32.6. The molecule has 0 radical (unpaired) electrons. The molecule has 0 bridgehead atoms. The van der Waals surface area contributed by atoms with E-state index in [0.717, 1.165) is 42.0 Å². The Morgan fingerprint density at radius 2 is 1.17 bits per heavy atom. The summed E-state index contributed by atoms with van der Waals surface area (Å²) in [6.45, 7) is 21.5. The number of aryl methyl sites for hydroxylation is 3. The molecule has 0 saturated heterocycles. The molecule has 0 amide bonds. The van der Waals surface area contributed by atoms with E-state index >= 15 is 0 Å². The summed E-state index contributed by atoms with van der Waals surface area (Å²) in [5.41, 5.74) is 13.2. The standard InChI is InChI=1S/C45H60NO6/c1-8-46(9-2,10-3)31-37-30-39(14-13-36(37)32-51-24-23-49-20-19-47)45(38-15-18-44(35(6)29-38)52-26-25-50-22-21-48-7)42-27-33(4)11-16-40(42)41-17-12-34(5)28-43(41)45/h11-18,27-30,47H,8-10,19-26,31-32H2,1-7H3/q+1. The van der Waals surface area contributed by atoms with Gasteiger partial charge in [-0.15, -0.1) is 0 Å². The van der Waals surface area contributed by atoms with E-state index < -0.39 is 5.41 Å². The molecule has 1 aliphatic rings. The third-order valence-corrected chi connectivity index (χ3v) is 11.0. The second kappa shape index (κ2) is 18.5. The van der Waals surface area contributed by atoms with Crippen LogP contribution in [-0.2, 0) is 37.5 Å². The number of nitrogens with zero attached hydrogens (tertiary/aromatic N) is 1. The predicted molar refractivity (Wildman–Crippen MR) is 209 cm³/mol. The predicted octanol–water partition coefficient (Wildman–Crippen LogP) is 7.92. The normalized spacial score (nSPS) is 13.3. The maximum Gasteiger partial charge on any atom is 0.122 e. The highest BCUT2D eigenvalue weighted by Gasteiger charge is 2.47. The van der Waals surface area contributed by atoms with Gasteiger partial charge in [0.25, 0.3) is 0 Å². The van der Waals surface area contributed by atoms with Crippen molar-refractivity contribution in [2.75, 3.05) is 79.6 Å². The van der Waals surface area contributed by atoms with E-state index in [-0.39, 0.29) is 6.61 Å². The molecule has 0 heterocycles. The summed E-state index contributed by atoms with van der Waals surface area (Å²) in [6, 6.07) is 27.7. The molecule has 0 atom stereocenters. The first-order valence-corrected chi connectivity index (χ1v) is 19.0. The Morgan fingerprint density at radius 3 is 1.79 bits per heavy atom. The van der Waals surface area contributed by atoms with Crippen molar-refractivity contribution in [2.24, 2.45) is 0 Å². The van der Waals surface area contributed by atoms with Gasteiger partial charge in [0.05, 0.1) is 77.9 Å². The van der Waals surface area contributed by atoms with Crippen LogP contribution in [0, 0.1) is 20.8 Å². The fourth-order valence-corrected chi connectivity index (χ4v) is 7.82. The molecule has 0 aromatic heterocycles. The van der Waals surface area contributed by atoms with Crippen LogP contribution in [0.25, 0.3) is 11.1 Å². The first-order chi connectivity index (χ1) is 25.3. The SMILES string of the molecule is CC[N+](CC)(CC)Cc1cc(C2(c3ccc(OCCOCCOC)c(C)c3)c3cc(C)ccc3-c3ccc(C)cc32)ccc1COCCOCCO. The van der Waals surface area contributed by atoms with Crippen LogP contribution in [0.5, 0.6) is 5.75 Å². The average Bonchev–Trinajstić information content (AvgIpc) is 3.43. The van der Waals surface area contributed by atoms with Gasteiger partial charge in [0, 0.05) is 12.7 Å². The van der Waals surface area contributed by atoms with Crippen molar-refractivity contribution in [1.29, 1.82) is 0 Å². The summed E-state index contributed by atoms with van der Waals surface area (Å²) < 4.78 is 29.7. The minimum Gasteiger partial charge on any atom is -0.491 e. The van der Waals surface area contributed by atoms with Gasteiger partial charge >= 0.3 is 0 Å². The molecule has 52 heavy (non-hydrogen) atoms. The summed E-state index contributed by atoms with van der Waals surface area (Å²) in [5, 5.41) is 9.10. The largest absolute Gasteiger partial charge is 0.491 e. The Labute approximate surface area is 312 Å². The molecule has 4 aromatic carbocycles. The molecule has 1 N–H and O–H groups in total. The lowest BCUT2D eigenvalue weighted by Crippen LogP contribution is -2.46. The van der Waals surface area contributed by atoms with Crippen LogP contribution in [0.15, 0.2) is 72.8 Å². The van der Waals surface area contributed by atoms with Gasteiger partial charge in [-0.05, 0) is 98.2 Å². The van der Waals surface area contributed by atoms with Gasteiger partial charge in [-0.25, -0.2) is 0 Å². The highest BCUT2D eigenvalue weighted by molar-refractivity contribution is 5.87. The van der Waals surface area contributed by atoms with Crippen molar-refractivity contribution < 1.29 is 33.3 Å². The first kappa shape index (κ1) is 39.6. The fraction of sp³-hybridized carbons (Fsp3) is 0.467. The molecule has 4 aromatic rings. The minimum atomic E-state index is -0.540. The Morgan fingerprint density at radius 1 is 0.596 bits per heavy atom. The first-order valence-electron chi connectivity index (χ1n) is 19.0. The van der Waals surface area contributed by atoms with Crippen LogP contribution >= 0.6 is 0 Å². The quantitative estimate of drug-likeness (QED) is 0.0617. The molecular formula is C45H60NO6+. The lowest BCUT2D eigenvalue weighted by atomic mass is 9.66. The Balaban J connectivity index is 1.67. The van der Waals surface area contributed by atoms with Gasteiger partial charge in [0.15, 0.2) is 0 Å². The third kappa shape index (κ3) is 8.46. The molecule has 0 spiro atoms. The Bertz CT molecular complexity index is 1700. The molecular weight excluding hydrogens is 650 g/mol. The molecule has 280 valence electrons. The Kier molecular flexibility index (Phi) is 14.1. The van der Waals surface area contributed by atoms with Crippen LogP contribution in [0.3, 0.4) is 0 Å². The number of hydrogen-bond acceptors (Lipinski definition) is 6. The molecule has 0 saturated carbocycles. The lowest BCUT2D eigenvalue weighted by molar-refractivity contribution is -0.936. The smallest absolute Gasteiger partial charge is 0.122 e. The maximum atomic E-state index is 9.10. The van der Waals surface area contributed by atoms with Crippen LogP contribution < -0.4 is 4.74 Å². The average molecular weight is 711 g/mol. The molecule has 5 rings (SSSR count). The van der Waals surface area contributed by atoms with E-state index in [1.807, 2.05) is 0 Å². The second-order valence-electron chi connectivity index (χ2n) is 14.1. The fourth-order valence-electron chi connectivity index (χ4n) is 7.82. The van der Waals surface area contributed by atoms with Crippen molar-refractivity contribution in [1.82, 2.24) is 0 Å². The minimum absolute atomic E-state index is 0.0171.